The van der Waals surface area contributed by atoms with E-state index in [0.29, 0.717) is 24.8 Å². The van der Waals surface area contributed by atoms with Gasteiger partial charge in [0.2, 0.25) is 5.91 Å². The van der Waals surface area contributed by atoms with Crippen molar-refractivity contribution in [1.82, 2.24) is 10.3 Å². The van der Waals surface area contributed by atoms with Crippen LogP contribution in [0.25, 0.3) is 0 Å². The first-order valence-electron chi connectivity index (χ1n) is 7.96. The Morgan fingerprint density at radius 1 is 1.23 bits per heavy atom. The first-order chi connectivity index (χ1) is 10.7. The van der Waals surface area contributed by atoms with Crippen molar-refractivity contribution in [3.05, 3.63) is 65.5 Å². The number of benzene rings is 1. The van der Waals surface area contributed by atoms with E-state index in [9.17, 15) is 4.79 Å². The fourth-order valence-electron chi connectivity index (χ4n) is 2.99. The van der Waals surface area contributed by atoms with Crippen molar-refractivity contribution in [1.29, 1.82) is 0 Å². The molecule has 1 N–H and O–H groups in total. The van der Waals surface area contributed by atoms with Gasteiger partial charge in [0.15, 0.2) is 0 Å². The average molecular weight is 294 g/mol. The number of rotatable bonds is 6. The van der Waals surface area contributed by atoms with Gasteiger partial charge in [-0.3, -0.25) is 9.78 Å². The van der Waals surface area contributed by atoms with E-state index >= 15 is 0 Å². The third kappa shape index (κ3) is 3.73. The van der Waals surface area contributed by atoms with E-state index in [2.05, 4.69) is 47.6 Å². The van der Waals surface area contributed by atoms with Gasteiger partial charge in [-0.15, -0.1) is 0 Å². The third-order valence-corrected chi connectivity index (χ3v) is 4.40. The van der Waals surface area contributed by atoms with Crippen LogP contribution in [0, 0.1) is 12.8 Å². The molecule has 0 bridgehead atoms. The van der Waals surface area contributed by atoms with Gasteiger partial charge in [-0.05, 0) is 42.4 Å². The van der Waals surface area contributed by atoms with Crippen molar-refractivity contribution >= 4 is 5.91 Å². The highest BCUT2D eigenvalue weighted by Gasteiger charge is 2.39. The Kier molecular flexibility index (Phi) is 4.52. The van der Waals surface area contributed by atoms with E-state index in [-0.39, 0.29) is 5.91 Å². The van der Waals surface area contributed by atoms with E-state index < -0.39 is 0 Å². The molecular weight excluding hydrogens is 272 g/mol. The van der Waals surface area contributed by atoms with Gasteiger partial charge < -0.3 is 5.32 Å². The minimum absolute atomic E-state index is 0.164. The summed E-state index contributed by atoms with van der Waals surface area (Å²) in [5, 5.41) is 3.02. The molecule has 3 rings (SSSR count). The number of amides is 1. The molecule has 1 fully saturated rings. The monoisotopic (exact) mass is 294 g/mol. The molecule has 3 heteroatoms. The lowest BCUT2D eigenvalue weighted by atomic mass is 10.1. The van der Waals surface area contributed by atoms with Gasteiger partial charge in [0, 0.05) is 31.3 Å². The Morgan fingerprint density at radius 3 is 2.82 bits per heavy atom. The van der Waals surface area contributed by atoms with E-state index in [0.717, 1.165) is 18.5 Å². The highest BCUT2D eigenvalue weighted by Crippen LogP contribution is 2.49. The number of aryl methyl sites for hydroxylation is 1. The normalized spacial score (nSPS) is 19.7. The van der Waals surface area contributed by atoms with Gasteiger partial charge in [0.05, 0.1) is 0 Å². The number of carbonyl (C=O) groups is 1. The number of nitrogens with one attached hydrogen (secondary N) is 1. The molecule has 2 aromatic rings. The molecule has 0 spiro atoms. The molecule has 1 heterocycles. The lowest BCUT2D eigenvalue weighted by molar-refractivity contribution is -0.121. The predicted octanol–water partition coefficient (Wildman–Crippen LogP) is 3.24. The van der Waals surface area contributed by atoms with Gasteiger partial charge in [-0.25, -0.2) is 0 Å². The molecule has 0 aliphatic heterocycles. The topological polar surface area (TPSA) is 42.0 Å². The molecule has 2 atom stereocenters. The molecule has 1 aromatic heterocycles. The molecular formula is C19H22N2O. The quantitative estimate of drug-likeness (QED) is 0.888. The van der Waals surface area contributed by atoms with Crippen LogP contribution < -0.4 is 5.32 Å². The summed E-state index contributed by atoms with van der Waals surface area (Å²) in [6.45, 7) is 2.72. The van der Waals surface area contributed by atoms with Crippen LogP contribution in [-0.4, -0.2) is 17.4 Å². The number of pyridine rings is 1. The zero-order chi connectivity index (χ0) is 15.4. The molecule has 0 unspecified atom stereocenters. The van der Waals surface area contributed by atoms with Crippen molar-refractivity contribution in [2.24, 2.45) is 5.92 Å². The minimum atomic E-state index is 0.164. The van der Waals surface area contributed by atoms with E-state index in [4.69, 9.17) is 0 Å². The zero-order valence-corrected chi connectivity index (χ0v) is 13.0. The second kappa shape index (κ2) is 6.73. The summed E-state index contributed by atoms with van der Waals surface area (Å²) >= 11 is 0. The first-order valence-corrected chi connectivity index (χ1v) is 7.96. The summed E-state index contributed by atoms with van der Waals surface area (Å²) in [5.41, 5.74) is 3.61. The fraction of sp³-hybridized carbons (Fsp3) is 0.368. The van der Waals surface area contributed by atoms with Gasteiger partial charge in [-0.1, -0.05) is 36.4 Å². The van der Waals surface area contributed by atoms with Crippen molar-refractivity contribution in [3.8, 4) is 0 Å². The number of hydrogen-bond donors (Lipinski definition) is 1. The minimum Gasteiger partial charge on any atom is -0.356 e. The summed E-state index contributed by atoms with van der Waals surface area (Å²) in [6, 6.07) is 14.5. The van der Waals surface area contributed by atoms with Crippen LogP contribution in [0.15, 0.2) is 48.7 Å². The van der Waals surface area contributed by atoms with Crippen molar-refractivity contribution < 1.29 is 4.79 Å². The van der Waals surface area contributed by atoms with Crippen molar-refractivity contribution in [3.63, 3.8) is 0 Å². The maximum Gasteiger partial charge on any atom is 0.220 e. The van der Waals surface area contributed by atoms with Crippen LogP contribution in [0.2, 0.25) is 0 Å². The fourth-order valence-corrected chi connectivity index (χ4v) is 2.99. The second-order valence-corrected chi connectivity index (χ2v) is 6.08. The van der Waals surface area contributed by atoms with Crippen LogP contribution in [-0.2, 0) is 11.2 Å². The summed E-state index contributed by atoms with van der Waals surface area (Å²) in [6.07, 6.45) is 4.38. The Bertz CT molecular complexity index is 639. The lowest BCUT2D eigenvalue weighted by Crippen LogP contribution is -2.26. The molecule has 1 saturated carbocycles. The van der Waals surface area contributed by atoms with Crippen molar-refractivity contribution in [2.45, 2.75) is 32.1 Å². The smallest absolute Gasteiger partial charge is 0.220 e. The largest absolute Gasteiger partial charge is 0.356 e. The average Bonchev–Trinajstić information content (AvgIpc) is 3.29. The molecule has 1 aliphatic carbocycles. The van der Waals surface area contributed by atoms with Gasteiger partial charge in [0.1, 0.15) is 0 Å². The van der Waals surface area contributed by atoms with E-state index in [1.54, 1.807) is 6.20 Å². The third-order valence-electron chi connectivity index (χ3n) is 4.40. The van der Waals surface area contributed by atoms with Gasteiger partial charge in [0.25, 0.3) is 0 Å². The summed E-state index contributed by atoms with van der Waals surface area (Å²) in [5.74, 6) is 1.25. The summed E-state index contributed by atoms with van der Waals surface area (Å²) in [4.78, 5) is 16.4. The highest BCUT2D eigenvalue weighted by molar-refractivity contribution is 5.76. The summed E-state index contributed by atoms with van der Waals surface area (Å²) < 4.78 is 0. The Labute approximate surface area is 131 Å². The molecule has 0 saturated heterocycles. The number of nitrogens with zero attached hydrogens (tertiary/aromatic N) is 1. The van der Waals surface area contributed by atoms with Crippen LogP contribution in [0.4, 0.5) is 0 Å². The zero-order valence-electron chi connectivity index (χ0n) is 13.0. The molecule has 114 valence electrons. The summed E-state index contributed by atoms with van der Waals surface area (Å²) in [7, 11) is 0. The molecule has 1 amide bonds. The number of hydrogen-bond acceptors (Lipinski definition) is 2. The maximum absolute atomic E-state index is 12.0. The van der Waals surface area contributed by atoms with Crippen LogP contribution in [0.1, 0.15) is 35.6 Å². The molecule has 1 aromatic carbocycles. The standard InChI is InChI=1S/C19H22N2O/c1-14-6-5-10-20-18(14)9-11-21-19(22)13-16-12-17(16)15-7-3-2-4-8-15/h2-8,10,16-17H,9,11-13H2,1H3,(H,21,22)/t16-,17-/m0/s1. The van der Waals surface area contributed by atoms with Gasteiger partial charge in [-0.2, -0.15) is 0 Å². The maximum atomic E-state index is 12.0. The lowest BCUT2D eigenvalue weighted by Gasteiger charge is -2.06. The van der Waals surface area contributed by atoms with E-state index in [1.165, 1.54) is 11.1 Å². The Balaban J connectivity index is 1.40. The molecule has 3 nitrogen and oxygen atoms in total. The SMILES string of the molecule is Cc1cccnc1CCNC(=O)C[C@@H]1C[C@H]1c1ccccc1. The molecule has 1 aliphatic rings. The van der Waals surface area contributed by atoms with E-state index in [1.807, 2.05) is 12.1 Å². The highest BCUT2D eigenvalue weighted by atomic mass is 16.1. The van der Waals surface area contributed by atoms with Crippen molar-refractivity contribution in [2.75, 3.05) is 6.54 Å². The van der Waals surface area contributed by atoms with Crippen LogP contribution >= 0.6 is 0 Å². The van der Waals surface area contributed by atoms with Gasteiger partial charge >= 0.3 is 0 Å². The second-order valence-electron chi connectivity index (χ2n) is 6.08. The van der Waals surface area contributed by atoms with Crippen LogP contribution in [0.5, 0.6) is 0 Å². The Hall–Kier alpha value is -2.16. The predicted molar refractivity (Wildman–Crippen MR) is 87.6 cm³/mol. The van der Waals surface area contributed by atoms with Crippen LogP contribution in [0.3, 0.4) is 0 Å². The molecule has 22 heavy (non-hydrogen) atoms. The number of carbonyl (C=O) groups excluding carboxylic acids is 1. The number of aromatic nitrogens is 1. The molecule has 0 radical (unpaired) electrons. The Morgan fingerprint density at radius 2 is 2.05 bits per heavy atom. The first kappa shape index (κ1) is 14.8.